The van der Waals surface area contributed by atoms with Crippen molar-refractivity contribution in [1.29, 1.82) is 0 Å². The SMILES string of the molecule is CCOC(=O)c1ncsc1NCC(C1CC1)C1CC1. The number of anilines is 1. The second-order valence-corrected chi connectivity index (χ2v) is 6.32. The molecule has 2 aliphatic rings. The van der Waals surface area contributed by atoms with Crippen LogP contribution < -0.4 is 5.32 Å². The van der Waals surface area contributed by atoms with E-state index in [1.165, 1.54) is 37.0 Å². The maximum absolute atomic E-state index is 11.7. The van der Waals surface area contributed by atoms with Crippen molar-refractivity contribution in [2.75, 3.05) is 18.5 Å². The minimum Gasteiger partial charge on any atom is -0.461 e. The molecule has 3 rings (SSSR count). The molecule has 1 aromatic heterocycles. The Kier molecular flexibility index (Phi) is 3.73. The van der Waals surface area contributed by atoms with Gasteiger partial charge in [0.1, 0.15) is 5.00 Å². The highest BCUT2D eigenvalue weighted by molar-refractivity contribution is 7.14. The summed E-state index contributed by atoms with van der Waals surface area (Å²) < 4.78 is 5.02. The molecule has 104 valence electrons. The van der Waals surface area contributed by atoms with E-state index in [2.05, 4.69) is 10.3 Å². The Bertz CT molecular complexity index is 440. The highest BCUT2D eigenvalue weighted by Gasteiger charge is 2.41. The standard InChI is InChI=1S/C14H20N2O2S/c1-2-18-14(17)12-13(19-8-16-12)15-7-11(9-3-4-9)10-5-6-10/h8-11,15H,2-7H2,1H3. The fraction of sp³-hybridized carbons (Fsp3) is 0.714. The van der Waals surface area contributed by atoms with Crippen LogP contribution in [0.25, 0.3) is 0 Å². The van der Waals surface area contributed by atoms with Gasteiger partial charge in [0, 0.05) is 6.54 Å². The first-order valence-corrected chi connectivity index (χ1v) is 8.02. The lowest BCUT2D eigenvalue weighted by Crippen LogP contribution is -2.19. The van der Waals surface area contributed by atoms with Crippen molar-refractivity contribution < 1.29 is 9.53 Å². The minimum atomic E-state index is -0.319. The molecule has 0 bridgehead atoms. The molecule has 1 heterocycles. The molecule has 0 amide bonds. The fourth-order valence-corrected chi connectivity index (χ4v) is 3.37. The van der Waals surface area contributed by atoms with E-state index in [0.717, 1.165) is 29.3 Å². The molecule has 2 fully saturated rings. The number of carbonyl (C=O) groups is 1. The molecule has 2 saturated carbocycles. The van der Waals surface area contributed by atoms with Crippen LogP contribution in [0.1, 0.15) is 43.1 Å². The maximum atomic E-state index is 11.7. The Morgan fingerprint density at radius 1 is 1.47 bits per heavy atom. The van der Waals surface area contributed by atoms with Crippen LogP contribution in [0.5, 0.6) is 0 Å². The van der Waals surface area contributed by atoms with Crippen molar-refractivity contribution in [3.63, 3.8) is 0 Å². The maximum Gasteiger partial charge on any atom is 0.360 e. The van der Waals surface area contributed by atoms with E-state index in [1.807, 2.05) is 6.92 Å². The van der Waals surface area contributed by atoms with Gasteiger partial charge < -0.3 is 10.1 Å². The molecular formula is C14H20N2O2S. The van der Waals surface area contributed by atoms with Crippen LogP contribution in [-0.4, -0.2) is 24.1 Å². The van der Waals surface area contributed by atoms with E-state index in [0.29, 0.717) is 12.3 Å². The van der Waals surface area contributed by atoms with Crippen LogP contribution in [0.3, 0.4) is 0 Å². The van der Waals surface area contributed by atoms with E-state index < -0.39 is 0 Å². The monoisotopic (exact) mass is 280 g/mol. The molecule has 0 radical (unpaired) electrons. The molecule has 2 aliphatic carbocycles. The second-order valence-electron chi connectivity index (χ2n) is 5.47. The van der Waals surface area contributed by atoms with Gasteiger partial charge in [-0.2, -0.15) is 0 Å². The van der Waals surface area contributed by atoms with E-state index in [-0.39, 0.29) is 5.97 Å². The predicted octanol–water partition coefficient (Wildman–Crippen LogP) is 3.17. The Labute approximate surface area is 117 Å². The highest BCUT2D eigenvalue weighted by atomic mass is 32.1. The van der Waals surface area contributed by atoms with Crippen molar-refractivity contribution in [3.05, 3.63) is 11.2 Å². The van der Waals surface area contributed by atoms with Crippen LogP contribution in [0.4, 0.5) is 5.00 Å². The first kappa shape index (κ1) is 12.9. The van der Waals surface area contributed by atoms with Crippen LogP contribution in [0, 0.1) is 17.8 Å². The van der Waals surface area contributed by atoms with Crippen LogP contribution in [-0.2, 0) is 4.74 Å². The lowest BCUT2D eigenvalue weighted by atomic mass is 9.98. The van der Waals surface area contributed by atoms with Gasteiger partial charge in [-0.3, -0.25) is 0 Å². The Morgan fingerprint density at radius 3 is 2.74 bits per heavy atom. The zero-order valence-corrected chi connectivity index (χ0v) is 12.0. The Hall–Kier alpha value is -1.10. The topological polar surface area (TPSA) is 51.2 Å². The summed E-state index contributed by atoms with van der Waals surface area (Å²) in [6.07, 6.45) is 5.54. The van der Waals surface area contributed by atoms with E-state index in [4.69, 9.17) is 4.74 Å². The van der Waals surface area contributed by atoms with Gasteiger partial charge >= 0.3 is 5.97 Å². The lowest BCUT2D eigenvalue weighted by Gasteiger charge is -2.16. The van der Waals surface area contributed by atoms with Crippen LogP contribution in [0.15, 0.2) is 5.51 Å². The molecule has 4 nitrogen and oxygen atoms in total. The third kappa shape index (κ3) is 3.08. The number of esters is 1. The van der Waals surface area contributed by atoms with Gasteiger partial charge in [0.05, 0.1) is 12.1 Å². The Balaban J connectivity index is 1.59. The number of hydrogen-bond donors (Lipinski definition) is 1. The number of rotatable bonds is 7. The second kappa shape index (κ2) is 5.49. The fourth-order valence-electron chi connectivity index (χ4n) is 2.69. The van der Waals surface area contributed by atoms with Gasteiger partial charge in [-0.05, 0) is 50.4 Å². The van der Waals surface area contributed by atoms with Crippen molar-refractivity contribution in [1.82, 2.24) is 4.98 Å². The molecule has 0 aliphatic heterocycles. The largest absolute Gasteiger partial charge is 0.461 e. The summed E-state index contributed by atoms with van der Waals surface area (Å²) >= 11 is 1.49. The zero-order chi connectivity index (χ0) is 13.2. The molecular weight excluding hydrogens is 260 g/mol. The van der Waals surface area contributed by atoms with Gasteiger partial charge in [0.2, 0.25) is 0 Å². The summed E-state index contributed by atoms with van der Waals surface area (Å²) in [5.41, 5.74) is 2.15. The van der Waals surface area contributed by atoms with Crippen molar-refractivity contribution in [2.45, 2.75) is 32.6 Å². The number of hydrogen-bond acceptors (Lipinski definition) is 5. The zero-order valence-electron chi connectivity index (χ0n) is 11.2. The molecule has 0 atom stereocenters. The molecule has 0 spiro atoms. The molecule has 1 N–H and O–H groups in total. The number of nitrogens with zero attached hydrogens (tertiary/aromatic N) is 1. The lowest BCUT2D eigenvalue weighted by molar-refractivity contribution is 0.0521. The minimum absolute atomic E-state index is 0.319. The van der Waals surface area contributed by atoms with Gasteiger partial charge in [0.15, 0.2) is 5.69 Å². The van der Waals surface area contributed by atoms with Gasteiger partial charge in [-0.15, -0.1) is 11.3 Å². The van der Waals surface area contributed by atoms with Gasteiger partial charge in [-0.25, -0.2) is 9.78 Å². The summed E-state index contributed by atoms with van der Waals surface area (Å²) in [6, 6.07) is 0. The Morgan fingerprint density at radius 2 is 2.16 bits per heavy atom. The predicted molar refractivity (Wildman–Crippen MR) is 75.5 cm³/mol. The summed E-state index contributed by atoms with van der Waals surface area (Å²) in [4.78, 5) is 15.9. The summed E-state index contributed by atoms with van der Waals surface area (Å²) in [5, 5.41) is 4.30. The van der Waals surface area contributed by atoms with Crippen molar-refractivity contribution in [2.24, 2.45) is 17.8 Å². The number of carbonyl (C=O) groups excluding carboxylic acids is 1. The van der Waals surface area contributed by atoms with Crippen LogP contribution >= 0.6 is 11.3 Å². The molecule has 0 unspecified atom stereocenters. The average molecular weight is 280 g/mol. The number of ether oxygens (including phenoxy) is 1. The molecule has 0 saturated heterocycles. The van der Waals surface area contributed by atoms with Gasteiger partial charge in [-0.1, -0.05) is 0 Å². The molecule has 1 aromatic rings. The third-order valence-corrected chi connectivity index (χ3v) is 4.77. The van der Waals surface area contributed by atoms with E-state index >= 15 is 0 Å². The van der Waals surface area contributed by atoms with Gasteiger partial charge in [0.25, 0.3) is 0 Å². The third-order valence-electron chi connectivity index (χ3n) is 3.99. The van der Waals surface area contributed by atoms with Crippen LogP contribution in [0.2, 0.25) is 0 Å². The first-order valence-electron chi connectivity index (χ1n) is 7.14. The smallest absolute Gasteiger partial charge is 0.360 e. The summed E-state index contributed by atoms with van der Waals surface area (Å²) in [6.45, 7) is 3.18. The van der Waals surface area contributed by atoms with Crippen molar-refractivity contribution in [3.8, 4) is 0 Å². The number of thiazole rings is 1. The quantitative estimate of drug-likeness (QED) is 0.779. The molecule has 0 aromatic carbocycles. The highest BCUT2D eigenvalue weighted by Crippen LogP contribution is 2.49. The number of nitrogens with one attached hydrogen (secondary N) is 1. The normalized spacial score (nSPS) is 18.6. The number of aromatic nitrogens is 1. The summed E-state index contributed by atoms with van der Waals surface area (Å²) in [7, 11) is 0. The average Bonchev–Trinajstić information content (AvgIpc) is 3.30. The summed E-state index contributed by atoms with van der Waals surface area (Å²) in [5.74, 6) is 2.30. The molecule has 5 heteroatoms. The van der Waals surface area contributed by atoms with Crippen molar-refractivity contribution >= 4 is 22.3 Å². The van der Waals surface area contributed by atoms with E-state index in [1.54, 1.807) is 5.51 Å². The van der Waals surface area contributed by atoms with E-state index in [9.17, 15) is 4.79 Å². The first-order chi connectivity index (χ1) is 9.29. The molecule has 19 heavy (non-hydrogen) atoms.